The van der Waals surface area contributed by atoms with Crippen LogP contribution in [0.2, 0.25) is 0 Å². The van der Waals surface area contributed by atoms with E-state index in [2.05, 4.69) is 59.0 Å². The molecule has 1 aromatic heterocycles. The second-order valence-corrected chi connectivity index (χ2v) is 5.66. The van der Waals surface area contributed by atoms with E-state index in [1.807, 2.05) is 12.1 Å². The lowest BCUT2D eigenvalue weighted by atomic mass is 10.0. The van der Waals surface area contributed by atoms with Gasteiger partial charge in [0.05, 0.1) is 11.0 Å². The number of nitrogens with one attached hydrogen (secondary N) is 1. The summed E-state index contributed by atoms with van der Waals surface area (Å²) in [4.78, 5) is 7.94. The van der Waals surface area contributed by atoms with Gasteiger partial charge in [-0.2, -0.15) is 0 Å². The average molecular weight is 361 g/mol. The average Bonchev–Trinajstić information content (AvgIpc) is 2.88. The van der Waals surface area contributed by atoms with Crippen LogP contribution in [0.4, 0.5) is 0 Å². The van der Waals surface area contributed by atoms with E-state index in [1.165, 1.54) is 11.1 Å². The van der Waals surface area contributed by atoms with E-state index in [1.54, 1.807) is 11.8 Å². The Morgan fingerprint density at radius 3 is 2.67 bits per heavy atom. The molecule has 0 bridgehead atoms. The summed E-state index contributed by atoms with van der Waals surface area (Å²) in [5, 5.41) is 0.955. The van der Waals surface area contributed by atoms with E-state index < -0.39 is 0 Å². The van der Waals surface area contributed by atoms with Crippen molar-refractivity contribution in [3.63, 3.8) is 0 Å². The van der Waals surface area contributed by atoms with E-state index >= 15 is 0 Å². The summed E-state index contributed by atoms with van der Waals surface area (Å²) in [6, 6.07) is 16.9. The third kappa shape index (κ3) is 3.99. The Balaban J connectivity index is 0.00000161. The molecule has 1 N–H and O–H groups in total. The van der Waals surface area contributed by atoms with Gasteiger partial charge >= 0.3 is 0 Å². The number of H-pyrrole nitrogens is 1. The van der Waals surface area contributed by atoms with Gasteiger partial charge in [0.15, 0.2) is 5.16 Å². The largest absolute Gasteiger partial charge is 0.333 e. The first-order valence-corrected chi connectivity index (χ1v) is 7.60. The van der Waals surface area contributed by atoms with Crippen molar-refractivity contribution in [3.05, 3.63) is 72.3 Å². The molecule has 108 valence electrons. The number of hydrogen-bond acceptors (Lipinski definition) is 2. The van der Waals surface area contributed by atoms with Crippen LogP contribution in [0.1, 0.15) is 11.1 Å². The molecule has 0 aliphatic carbocycles. The van der Waals surface area contributed by atoms with Crippen molar-refractivity contribution in [3.8, 4) is 0 Å². The molecular weight excluding hydrogens is 344 g/mol. The van der Waals surface area contributed by atoms with Crippen LogP contribution in [0, 0.1) is 0 Å². The van der Waals surface area contributed by atoms with Gasteiger partial charge in [-0.15, -0.1) is 23.6 Å². The van der Waals surface area contributed by atoms with Crippen molar-refractivity contribution in [2.75, 3.05) is 5.75 Å². The number of benzene rings is 2. The number of thioether (sulfide) groups is 1. The Bertz CT molecular complexity index is 722. The van der Waals surface area contributed by atoms with Gasteiger partial charge in [-0.05, 0) is 29.7 Å². The maximum atomic E-state index is 4.61. The molecule has 0 radical (unpaired) electrons. The number of imidazole rings is 1. The van der Waals surface area contributed by atoms with Gasteiger partial charge in [-0.3, -0.25) is 0 Å². The number of rotatable bonds is 5. The molecular formula is C17H17BrN2S. The first-order valence-electron chi connectivity index (χ1n) is 6.61. The van der Waals surface area contributed by atoms with Crippen LogP contribution in [0.5, 0.6) is 0 Å². The zero-order valence-electron chi connectivity index (χ0n) is 11.6. The highest BCUT2D eigenvalue weighted by Gasteiger charge is 2.04. The molecule has 0 unspecified atom stereocenters. The van der Waals surface area contributed by atoms with Gasteiger partial charge < -0.3 is 4.98 Å². The minimum absolute atomic E-state index is 0. The predicted molar refractivity (Wildman–Crippen MR) is 96.6 cm³/mol. The van der Waals surface area contributed by atoms with E-state index in [-0.39, 0.29) is 17.0 Å². The summed E-state index contributed by atoms with van der Waals surface area (Å²) in [7, 11) is 0. The lowest BCUT2D eigenvalue weighted by Crippen LogP contribution is -1.87. The van der Waals surface area contributed by atoms with Gasteiger partial charge in [0, 0.05) is 5.75 Å². The fraction of sp³-hybridized carbons (Fsp3) is 0.118. The van der Waals surface area contributed by atoms with E-state index in [0.29, 0.717) is 0 Å². The van der Waals surface area contributed by atoms with Gasteiger partial charge in [0.2, 0.25) is 0 Å². The van der Waals surface area contributed by atoms with Crippen LogP contribution in [0.15, 0.2) is 66.3 Å². The summed E-state index contributed by atoms with van der Waals surface area (Å²) >= 11 is 1.67. The Morgan fingerprint density at radius 2 is 1.90 bits per heavy atom. The molecule has 21 heavy (non-hydrogen) atoms. The molecule has 2 nitrogen and oxygen atoms in total. The predicted octanol–water partition coefficient (Wildman–Crippen LogP) is 5.01. The fourth-order valence-corrected chi connectivity index (χ4v) is 2.80. The maximum Gasteiger partial charge on any atom is 0.166 e. The Morgan fingerprint density at radius 1 is 1.10 bits per heavy atom. The summed E-state index contributed by atoms with van der Waals surface area (Å²) in [6.07, 6.45) is 2.83. The standard InChI is InChI=1S/C17H16N2S.BrH/c1-2-10-20-17-18-15-9-8-14(12-16(15)19-17)11-13-6-4-3-5-7-13;/h2-9,12H,1,10-11H2,(H,18,19);1H. The molecule has 0 saturated heterocycles. The fourth-order valence-electron chi connectivity index (χ4n) is 2.18. The first-order chi connectivity index (χ1) is 9.85. The first kappa shape index (κ1) is 15.9. The monoisotopic (exact) mass is 360 g/mol. The topological polar surface area (TPSA) is 28.7 Å². The number of aromatic nitrogens is 2. The molecule has 0 spiro atoms. The Hall–Kier alpha value is -1.52. The van der Waals surface area contributed by atoms with Crippen LogP contribution < -0.4 is 0 Å². The second-order valence-electron chi connectivity index (χ2n) is 4.66. The van der Waals surface area contributed by atoms with E-state index in [4.69, 9.17) is 0 Å². The lowest BCUT2D eigenvalue weighted by Gasteiger charge is -2.01. The smallest absolute Gasteiger partial charge is 0.166 e. The Kier molecular flexibility index (Phi) is 5.65. The number of halogens is 1. The van der Waals surface area contributed by atoms with Crippen LogP contribution in [-0.4, -0.2) is 15.7 Å². The Labute approximate surface area is 139 Å². The number of fused-ring (bicyclic) bond motifs is 1. The molecule has 0 aliphatic heterocycles. The van der Waals surface area contributed by atoms with Crippen molar-refractivity contribution < 1.29 is 0 Å². The number of hydrogen-bond donors (Lipinski definition) is 1. The summed E-state index contributed by atoms with van der Waals surface area (Å²) in [5.41, 5.74) is 4.73. The molecule has 0 fully saturated rings. The van der Waals surface area contributed by atoms with E-state index in [9.17, 15) is 0 Å². The van der Waals surface area contributed by atoms with Crippen LogP contribution in [-0.2, 0) is 6.42 Å². The highest BCUT2D eigenvalue weighted by Crippen LogP contribution is 2.21. The van der Waals surface area contributed by atoms with Crippen molar-refractivity contribution >= 4 is 39.8 Å². The second kappa shape index (κ2) is 7.48. The van der Waals surface area contributed by atoms with Crippen molar-refractivity contribution in [1.29, 1.82) is 0 Å². The molecule has 2 aromatic carbocycles. The molecule has 3 aromatic rings. The SMILES string of the molecule is Br.C=CCSc1nc2cc(Cc3ccccc3)ccc2[nH]1. The molecule has 0 aliphatic rings. The van der Waals surface area contributed by atoms with Gasteiger partial charge in [0.1, 0.15) is 0 Å². The summed E-state index contributed by atoms with van der Waals surface area (Å²) in [5.74, 6) is 0.872. The quantitative estimate of drug-likeness (QED) is 0.511. The van der Waals surface area contributed by atoms with Gasteiger partial charge in [-0.25, -0.2) is 4.98 Å². The molecule has 0 saturated carbocycles. The summed E-state index contributed by atoms with van der Waals surface area (Å²) < 4.78 is 0. The minimum atomic E-state index is 0. The molecule has 3 rings (SSSR count). The molecule has 1 heterocycles. The van der Waals surface area contributed by atoms with E-state index in [0.717, 1.165) is 28.4 Å². The zero-order chi connectivity index (χ0) is 13.8. The third-order valence-corrected chi connectivity index (χ3v) is 3.98. The third-order valence-electron chi connectivity index (χ3n) is 3.11. The van der Waals surface area contributed by atoms with Crippen molar-refractivity contribution in [2.24, 2.45) is 0 Å². The molecule has 0 amide bonds. The normalized spacial score (nSPS) is 10.3. The number of nitrogens with zero attached hydrogens (tertiary/aromatic N) is 1. The van der Waals surface area contributed by atoms with Crippen molar-refractivity contribution in [2.45, 2.75) is 11.6 Å². The lowest BCUT2D eigenvalue weighted by molar-refractivity contribution is 1.08. The zero-order valence-corrected chi connectivity index (χ0v) is 14.1. The highest BCUT2D eigenvalue weighted by atomic mass is 79.9. The highest BCUT2D eigenvalue weighted by molar-refractivity contribution is 8.93. The van der Waals surface area contributed by atoms with Crippen molar-refractivity contribution in [1.82, 2.24) is 9.97 Å². The number of aromatic amines is 1. The van der Waals surface area contributed by atoms with Crippen LogP contribution in [0.3, 0.4) is 0 Å². The van der Waals surface area contributed by atoms with Crippen LogP contribution in [0.25, 0.3) is 11.0 Å². The van der Waals surface area contributed by atoms with Gasteiger partial charge in [0.25, 0.3) is 0 Å². The molecule has 4 heteroatoms. The maximum absolute atomic E-state index is 4.61. The summed E-state index contributed by atoms with van der Waals surface area (Å²) in [6.45, 7) is 3.73. The molecule has 0 atom stereocenters. The van der Waals surface area contributed by atoms with Gasteiger partial charge in [-0.1, -0.05) is 54.2 Å². The minimum Gasteiger partial charge on any atom is -0.333 e. The van der Waals surface area contributed by atoms with Crippen LogP contribution >= 0.6 is 28.7 Å².